The second-order valence-electron chi connectivity index (χ2n) is 22.1. The van der Waals surface area contributed by atoms with Crippen molar-refractivity contribution in [1.29, 1.82) is 0 Å². The van der Waals surface area contributed by atoms with Crippen molar-refractivity contribution in [3.63, 3.8) is 0 Å². The van der Waals surface area contributed by atoms with E-state index in [0.29, 0.717) is 25.9 Å². The molecule has 0 aliphatic rings. The van der Waals surface area contributed by atoms with Gasteiger partial charge in [0.05, 0.1) is 25.4 Å². The molecule has 0 saturated carbocycles. The first kappa shape index (κ1) is 69.3. The summed E-state index contributed by atoms with van der Waals surface area (Å²) in [5.41, 5.74) is 0. The molecule has 2 atom stereocenters. The van der Waals surface area contributed by atoms with Crippen molar-refractivity contribution < 1.29 is 24.5 Å². The zero-order valence-electron chi connectivity index (χ0n) is 48.0. The Bertz CT molecular complexity index is 1110. The van der Waals surface area contributed by atoms with Crippen LogP contribution in [0, 0.1) is 0 Å². The van der Waals surface area contributed by atoms with Gasteiger partial charge < -0.3 is 20.3 Å². The van der Waals surface area contributed by atoms with E-state index in [1.54, 1.807) is 0 Å². The first-order valence-electron chi connectivity index (χ1n) is 32.1. The first-order chi connectivity index (χ1) is 35.0. The van der Waals surface area contributed by atoms with Crippen LogP contribution in [-0.2, 0) is 14.3 Å². The van der Waals surface area contributed by atoms with Crippen LogP contribution in [0.3, 0.4) is 0 Å². The van der Waals surface area contributed by atoms with E-state index in [4.69, 9.17) is 4.74 Å². The fraction of sp³-hybridized carbons (Fsp3) is 0.908. The van der Waals surface area contributed by atoms with E-state index in [-0.39, 0.29) is 18.5 Å². The average Bonchev–Trinajstić information content (AvgIpc) is 3.37. The minimum Gasteiger partial charge on any atom is -0.466 e. The average molecular weight is 1000 g/mol. The molecule has 0 radical (unpaired) electrons. The van der Waals surface area contributed by atoms with Crippen molar-refractivity contribution in [1.82, 2.24) is 5.32 Å². The summed E-state index contributed by atoms with van der Waals surface area (Å²) in [6, 6.07) is -0.550. The summed E-state index contributed by atoms with van der Waals surface area (Å²) in [4.78, 5) is 24.6. The largest absolute Gasteiger partial charge is 0.466 e. The van der Waals surface area contributed by atoms with E-state index in [9.17, 15) is 19.8 Å². The number of rotatable bonds is 60. The van der Waals surface area contributed by atoms with Gasteiger partial charge in [0.2, 0.25) is 5.91 Å². The van der Waals surface area contributed by atoms with Crippen LogP contribution in [0.4, 0.5) is 0 Å². The Hall–Kier alpha value is -1.66. The SMILES string of the molecule is CCCCCC/C=C\CCCCCCCC(=O)OCCCCCCCCCC/C=C\CCCCCCCCCC(=O)NC(CO)C(O)CCCCCCCCCCCCCCCCCCCCCCCC. The fourth-order valence-electron chi connectivity index (χ4n) is 10.0. The van der Waals surface area contributed by atoms with Gasteiger partial charge in [0.1, 0.15) is 0 Å². The minimum absolute atomic E-state index is 0.00462. The van der Waals surface area contributed by atoms with Gasteiger partial charge in [0, 0.05) is 12.8 Å². The summed E-state index contributed by atoms with van der Waals surface area (Å²) in [5.74, 6) is -0.0458. The molecule has 0 aromatic heterocycles. The Morgan fingerprint density at radius 3 is 1.01 bits per heavy atom. The molecule has 0 rings (SSSR count). The number of carbonyl (C=O) groups is 2. The van der Waals surface area contributed by atoms with Crippen molar-refractivity contribution in [2.75, 3.05) is 13.2 Å². The van der Waals surface area contributed by atoms with Crippen molar-refractivity contribution in [3.8, 4) is 0 Å². The van der Waals surface area contributed by atoms with Crippen LogP contribution in [0.2, 0.25) is 0 Å². The molecule has 0 fully saturated rings. The van der Waals surface area contributed by atoms with E-state index in [2.05, 4.69) is 43.5 Å². The summed E-state index contributed by atoms with van der Waals surface area (Å²) in [7, 11) is 0. The third-order valence-corrected chi connectivity index (χ3v) is 15.0. The zero-order valence-corrected chi connectivity index (χ0v) is 48.0. The zero-order chi connectivity index (χ0) is 51.4. The van der Waals surface area contributed by atoms with Crippen LogP contribution in [0.5, 0.6) is 0 Å². The molecule has 3 N–H and O–H groups in total. The molecule has 0 spiro atoms. The molecule has 0 bridgehead atoms. The maximum atomic E-state index is 12.5. The monoisotopic (exact) mass is 1000 g/mol. The van der Waals surface area contributed by atoms with E-state index in [1.165, 1.54) is 276 Å². The Labute approximate surface area is 443 Å². The van der Waals surface area contributed by atoms with Crippen LogP contribution >= 0.6 is 0 Å². The van der Waals surface area contributed by atoms with E-state index < -0.39 is 12.1 Å². The van der Waals surface area contributed by atoms with E-state index >= 15 is 0 Å². The van der Waals surface area contributed by atoms with E-state index in [0.717, 1.165) is 44.9 Å². The van der Waals surface area contributed by atoms with Gasteiger partial charge in [0.15, 0.2) is 0 Å². The van der Waals surface area contributed by atoms with Gasteiger partial charge in [-0.3, -0.25) is 9.59 Å². The van der Waals surface area contributed by atoms with Crippen LogP contribution < -0.4 is 5.32 Å². The third kappa shape index (κ3) is 57.5. The van der Waals surface area contributed by atoms with Crippen molar-refractivity contribution in [2.24, 2.45) is 0 Å². The molecular weight excluding hydrogens is 875 g/mol. The fourth-order valence-corrected chi connectivity index (χ4v) is 10.0. The standard InChI is InChI=1S/C65H125NO5/c1-3-5-7-9-11-13-15-17-18-19-20-21-22-24-27-30-34-37-41-45-49-53-57-63(68)62(61-67)66-64(69)58-54-50-46-42-38-35-31-28-25-23-26-29-32-36-40-44-48-52-56-60-71-65(70)59-55-51-47-43-39-33-16-14-12-10-8-6-4-2/h14,16,23,25,62-63,67-68H,3-13,15,17-22,24,26-61H2,1-2H3,(H,66,69)/b16-14-,25-23-. The maximum absolute atomic E-state index is 12.5. The van der Waals surface area contributed by atoms with E-state index in [1.807, 2.05) is 0 Å². The normalized spacial score (nSPS) is 12.7. The molecule has 420 valence electrons. The smallest absolute Gasteiger partial charge is 0.305 e. The number of hydrogen-bond acceptors (Lipinski definition) is 5. The maximum Gasteiger partial charge on any atom is 0.305 e. The number of ether oxygens (including phenoxy) is 1. The van der Waals surface area contributed by atoms with Gasteiger partial charge in [0.25, 0.3) is 0 Å². The Balaban J connectivity index is 3.44. The molecule has 6 heteroatoms. The van der Waals surface area contributed by atoms with Crippen molar-refractivity contribution >= 4 is 11.9 Å². The predicted octanol–water partition coefficient (Wildman–Crippen LogP) is 20.2. The van der Waals surface area contributed by atoms with Crippen molar-refractivity contribution in [2.45, 2.75) is 366 Å². The minimum atomic E-state index is -0.672. The van der Waals surface area contributed by atoms with Gasteiger partial charge >= 0.3 is 5.97 Å². The highest BCUT2D eigenvalue weighted by Crippen LogP contribution is 2.18. The predicted molar refractivity (Wildman–Crippen MR) is 310 cm³/mol. The highest BCUT2D eigenvalue weighted by atomic mass is 16.5. The topological polar surface area (TPSA) is 95.9 Å². The van der Waals surface area contributed by atoms with Crippen LogP contribution in [-0.4, -0.2) is 47.4 Å². The molecule has 2 unspecified atom stereocenters. The lowest BCUT2D eigenvalue weighted by atomic mass is 10.0. The number of aliphatic hydroxyl groups is 2. The molecule has 6 nitrogen and oxygen atoms in total. The molecule has 71 heavy (non-hydrogen) atoms. The Morgan fingerprint density at radius 1 is 0.380 bits per heavy atom. The summed E-state index contributed by atoms with van der Waals surface area (Å²) >= 11 is 0. The van der Waals surface area contributed by atoms with Gasteiger partial charge in [-0.2, -0.15) is 0 Å². The second-order valence-corrected chi connectivity index (χ2v) is 22.1. The number of nitrogens with one attached hydrogen (secondary N) is 1. The molecular formula is C65H125NO5. The van der Waals surface area contributed by atoms with Gasteiger partial charge in [-0.25, -0.2) is 0 Å². The number of aliphatic hydroxyl groups excluding tert-OH is 2. The lowest BCUT2D eigenvalue weighted by Gasteiger charge is -2.22. The summed E-state index contributed by atoms with van der Waals surface area (Å²) in [6.07, 6.45) is 74.7. The quantitative estimate of drug-likeness (QED) is 0.0320. The summed E-state index contributed by atoms with van der Waals surface area (Å²) in [5, 5.41) is 23.4. The molecule has 0 aromatic carbocycles. The van der Waals surface area contributed by atoms with Crippen LogP contribution in [0.1, 0.15) is 354 Å². The van der Waals surface area contributed by atoms with Crippen LogP contribution in [0.25, 0.3) is 0 Å². The lowest BCUT2D eigenvalue weighted by Crippen LogP contribution is -2.45. The van der Waals surface area contributed by atoms with Gasteiger partial charge in [-0.05, 0) is 77.0 Å². The van der Waals surface area contributed by atoms with Crippen molar-refractivity contribution in [3.05, 3.63) is 24.3 Å². The number of hydrogen-bond donors (Lipinski definition) is 3. The highest BCUT2D eigenvalue weighted by molar-refractivity contribution is 5.76. The number of esters is 1. The third-order valence-electron chi connectivity index (χ3n) is 15.0. The first-order valence-corrected chi connectivity index (χ1v) is 32.1. The van der Waals surface area contributed by atoms with Gasteiger partial charge in [-0.1, -0.05) is 289 Å². The molecule has 0 aromatic rings. The molecule has 0 aliphatic heterocycles. The second kappa shape index (κ2) is 60.9. The molecule has 0 saturated heterocycles. The number of allylic oxidation sites excluding steroid dienone is 4. The Morgan fingerprint density at radius 2 is 0.662 bits per heavy atom. The lowest BCUT2D eigenvalue weighted by molar-refractivity contribution is -0.143. The van der Waals surface area contributed by atoms with Crippen LogP contribution in [0.15, 0.2) is 24.3 Å². The number of carbonyl (C=O) groups excluding carboxylic acids is 2. The summed E-state index contributed by atoms with van der Waals surface area (Å²) < 4.78 is 5.47. The summed E-state index contributed by atoms with van der Waals surface area (Å²) in [6.45, 7) is 4.95. The number of unbranched alkanes of at least 4 members (excludes halogenated alkanes) is 45. The number of amides is 1. The molecule has 0 aliphatic carbocycles. The molecule has 1 amide bonds. The molecule has 0 heterocycles. The van der Waals surface area contributed by atoms with Gasteiger partial charge in [-0.15, -0.1) is 0 Å². The highest BCUT2D eigenvalue weighted by Gasteiger charge is 2.20. The Kier molecular flexibility index (Phi) is 59.5.